The number of carbonyl (C=O) groups excluding carboxylic acids is 2. The Hall–Kier alpha value is -3.39. The van der Waals surface area contributed by atoms with E-state index >= 15 is 0 Å². The molecule has 2 amide bonds. The summed E-state index contributed by atoms with van der Waals surface area (Å²) in [5.74, 6) is 1.46. The fourth-order valence-electron chi connectivity index (χ4n) is 4.49. The zero-order valence-corrected chi connectivity index (χ0v) is 19.7. The minimum atomic E-state index is -0.0120. The summed E-state index contributed by atoms with van der Waals surface area (Å²) in [6.07, 6.45) is 9.76. The summed E-state index contributed by atoms with van der Waals surface area (Å²) in [6.45, 7) is 0. The topological polar surface area (TPSA) is 93.2 Å². The molecule has 0 saturated heterocycles. The lowest BCUT2D eigenvalue weighted by Crippen LogP contribution is -2.27. The molecule has 1 fully saturated rings. The molecule has 0 bridgehead atoms. The van der Waals surface area contributed by atoms with Crippen molar-refractivity contribution in [1.29, 1.82) is 0 Å². The lowest BCUT2D eigenvalue weighted by atomic mass is 9.81. The summed E-state index contributed by atoms with van der Waals surface area (Å²) < 4.78 is 5.26. The zero-order chi connectivity index (χ0) is 23.5. The second-order valence-corrected chi connectivity index (χ2v) is 9.65. The number of aromatic nitrogens is 2. The van der Waals surface area contributed by atoms with E-state index in [1.54, 1.807) is 13.3 Å². The Balaban J connectivity index is 1.19. The first-order chi connectivity index (χ1) is 16.6. The Kier molecular flexibility index (Phi) is 6.49. The number of nitrogens with zero attached hydrogens (tertiary/aromatic N) is 2. The molecule has 3 aromatic rings. The third kappa shape index (κ3) is 4.92. The van der Waals surface area contributed by atoms with E-state index in [0.29, 0.717) is 17.6 Å². The van der Waals surface area contributed by atoms with Gasteiger partial charge in [0, 0.05) is 34.3 Å². The molecule has 34 heavy (non-hydrogen) atoms. The maximum atomic E-state index is 12.8. The van der Waals surface area contributed by atoms with Crippen LogP contribution in [0.15, 0.2) is 53.6 Å². The van der Waals surface area contributed by atoms with Gasteiger partial charge in [-0.2, -0.15) is 0 Å². The number of rotatable bonds is 5. The summed E-state index contributed by atoms with van der Waals surface area (Å²) in [4.78, 5) is 34.4. The van der Waals surface area contributed by atoms with Crippen LogP contribution in [0.5, 0.6) is 5.88 Å². The number of pyridine rings is 2. The fraction of sp³-hybridized carbons (Fsp3) is 0.308. The number of thioether (sulfide) groups is 1. The van der Waals surface area contributed by atoms with Crippen molar-refractivity contribution in [1.82, 2.24) is 9.97 Å². The average molecular weight is 475 g/mol. The molecular weight excluding hydrogens is 448 g/mol. The smallest absolute Gasteiger partial charge is 0.234 e. The van der Waals surface area contributed by atoms with Crippen molar-refractivity contribution in [2.45, 2.75) is 30.6 Å². The summed E-state index contributed by atoms with van der Waals surface area (Å²) >= 11 is 1.51. The average Bonchev–Trinajstić information content (AvgIpc) is 2.87. The van der Waals surface area contributed by atoms with Gasteiger partial charge in [-0.25, -0.2) is 4.98 Å². The van der Waals surface area contributed by atoms with Gasteiger partial charge in [-0.15, -0.1) is 11.8 Å². The largest absolute Gasteiger partial charge is 0.481 e. The zero-order valence-electron chi connectivity index (χ0n) is 18.9. The Bertz CT molecular complexity index is 1270. The molecule has 1 saturated carbocycles. The molecular formula is C26H26N4O3S. The van der Waals surface area contributed by atoms with Crippen molar-refractivity contribution in [3.05, 3.63) is 54.2 Å². The van der Waals surface area contributed by atoms with Gasteiger partial charge in [0.25, 0.3) is 0 Å². The third-order valence-corrected chi connectivity index (χ3v) is 7.44. The quantitative estimate of drug-likeness (QED) is 0.532. The maximum Gasteiger partial charge on any atom is 0.234 e. The lowest BCUT2D eigenvalue weighted by molar-refractivity contribution is -0.121. The highest BCUT2D eigenvalue weighted by Gasteiger charge is 2.26. The minimum absolute atomic E-state index is 0.00247. The van der Waals surface area contributed by atoms with Gasteiger partial charge < -0.3 is 15.4 Å². The van der Waals surface area contributed by atoms with E-state index in [1.807, 2.05) is 36.4 Å². The highest BCUT2D eigenvalue weighted by molar-refractivity contribution is 8.00. The first-order valence-corrected chi connectivity index (χ1v) is 12.4. The first-order valence-electron chi connectivity index (χ1n) is 11.4. The van der Waals surface area contributed by atoms with Crippen LogP contribution in [0.4, 0.5) is 11.4 Å². The predicted molar refractivity (Wildman–Crippen MR) is 135 cm³/mol. The van der Waals surface area contributed by atoms with Gasteiger partial charge in [-0.3, -0.25) is 14.6 Å². The van der Waals surface area contributed by atoms with Crippen molar-refractivity contribution in [3.63, 3.8) is 0 Å². The number of hydrogen-bond donors (Lipinski definition) is 2. The third-order valence-electron chi connectivity index (χ3n) is 6.37. The summed E-state index contributed by atoms with van der Waals surface area (Å²) in [5.41, 5.74) is 4.17. The van der Waals surface area contributed by atoms with Crippen molar-refractivity contribution < 1.29 is 14.3 Å². The monoisotopic (exact) mass is 474 g/mol. The van der Waals surface area contributed by atoms with Gasteiger partial charge >= 0.3 is 0 Å². The molecule has 2 aliphatic rings. The van der Waals surface area contributed by atoms with E-state index in [1.165, 1.54) is 11.8 Å². The second kappa shape index (κ2) is 9.85. The van der Waals surface area contributed by atoms with Crippen LogP contribution in [0, 0.1) is 11.8 Å². The van der Waals surface area contributed by atoms with Gasteiger partial charge in [0.1, 0.15) is 0 Å². The molecule has 174 valence electrons. The molecule has 0 spiro atoms. The van der Waals surface area contributed by atoms with E-state index in [-0.39, 0.29) is 17.7 Å². The molecule has 1 aromatic carbocycles. The SMILES string of the molecule is COc1ccc2nccc(/C=C/[C@H]3CC[C@H](C(=O)Nc4ccc5c(c4)NC(=O)CS5)CC3)c2n1. The number of anilines is 2. The number of fused-ring (bicyclic) bond motifs is 2. The van der Waals surface area contributed by atoms with Gasteiger partial charge in [0.15, 0.2) is 0 Å². The van der Waals surface area contributed by atoms with Gasteiger partial charge in [-0.05, 0) is 61.9 Å². The standard InChI is InChI=1S/C26H26N4O3S/c1-33-24-11-9-20-25(30-24)17(12-13-27-20)5-2-16-3-6-18(7-4-16)26(32)28-19-8-10-22-21(14-19)29-23(31)15-34-22/h2,5,8-14,16,18H,3-4,6-7,15H2,1H3,(H,28,32)(H,29,31)/b5-2+/t16-,18-. The molecule has 1 aliphatic heterocycles. The molecule has 2 aromatic heterocycles. The van der Waals surface area contributed by atoms with Crippen LogP contribution in [0.3, 0.4) is 0 Å². The highest BCUT2D eigenvalue weighted by Crippen LogP contribution is 2.35. The van der Waals surface area contributed by atoms with Gasteiger partial charge in [-0.1, -0.05) is 12.2 Å². The molecule has 0 unspecified atom stereocenters. The van der Waals surface area contributed by atoms with Crippen LogP contribution in [0.1, 0.15) is 31.2 Å². The number of ether oxygens (including phenoxy) is 1. The Morgan fingerprint density at radius 2 is 2.03 bits per heavy atom. The molecule has 0 atom stereocenters. The number of benzene rings is 1. The summed E-state index contributed by atoms with van der Waals surface area (Å²) in [5, 5.41) is 5.91. The summed E-state index contributed by atoms with van der Waals surface area (Å²) in [6, 6.07) is 11.4. The number of hydrogen-bond acceptors (Lipinski definition) is 6. The Labute approximate surface area is 202 Å². The molecule has 0 radical (unpaired) electrons. The number of nitrogens with one attached hydrogen (secondary N) is 2. The molecule has 3 heterocycles. The molecule has 8 heteroatoms. The van der Waals surface area contributed by atoms with Gasteiger partial charge in [0.2, 0.25) is 17.7 Å². The number of allylic oxidation sites excluding steroid dienone is 1. The van der Waals surface area contributed by atoms with Crippen LogP contribution >= 0.6 is 11.8 Å². The van der Waals surface area contributed by atoms with Crippen LogP contribution in [0.2, 0.25) is 0 Å². The molecule has 5 rings (SSSR count). The van der Waals surface area contributed by atoms with Gasteiger partial charge in [0.05, 0.1) is 29.6 Å². The van der Waals surface area contributed by atoms with Crippen molar-refractivity contribution in [2.75, 3.05) is 23.5 Å². The van der Waals surface area contributed by atoms with Crippen LogP contribution < -0.4 is 15.4 Å². The van der Waals surface area contributed by atoms with Crippen LogP contribution in [-0.4, -0.2) is 34.6 Å². The van der Waals surface area contributed by atoms with E-state index in [4.69, 9.17) is 4.74 Å². The van der Waals surface area contributed by atoms with Crippen molar-refractivity contribution >= 4 is 52.1 Å². The number of carbonyl (C=O) groups is 2. The van der Waals surface area contributed by atoms with Crippen molar-refractivity contribution in [2.24, 2.45) is 11.8 Å². The van der Waals surface area contributed by atoms with E-state index in [0.717, 1.165) is 58.6 Å². The van der Waals surface area contributed by atoms with Crippen LogP contribution in [-0.2, 0) is 9.59 Å². The maximum absolute atomic E-state index is 12.8. The first kappa shape index (κ1) is 22.4. The van der Waals surface area contributed by atoms with Crippen molar-refractivity contribution in [3.8, 4) is 5.88 Å². The predicted octanol–water partition coefficient (Wildman–Crippen LogP) is 5.14. The summed E-state index contributed by atoms with van der Waals surface area (Å²) in [7, 11) is 1.61. The number of amides is 2. The molecule has 2 N–H and O–H groups in total. The highest BCUT2D eigenvalue weighted by atomic mass is 32.2. The minimum Gasteiger partial charge on any atom is -0.481 e. The normalized spacial score (nSPS) is 20.1. The molecule has 1 aliphatic carbocycles. The Morgan fingerprint density at radius 1 is 1.18 bits per heavy atom. The lowest BCUT2D eigenvalue weighted by Gasteiger charge is -2.26. The fourth-order valence-corrected chi connectivity index (χ4v) is 5.28. The van der Waals surface area contributed by atoms with E-state index in [2.05, 4.69) is 32.8 Å². The number of methoxy groups -OCH3 is 1. The Morgan fingerprint density at radius 3 is 2.85 bits per heavy atom. The van der Waals surface area contributed by atoms with Crippen LogP contribution in [0.25, 0.3) is 17.1 Å². The molecule has 7 nitrogen and oxygen atoms in total. The van der Waals surface area contributed by atoms with E-state index in [9.17, 15) is 9.59 Å². The second-order valence-electron chi connectivity index (χ2n) is 8.63. The van der Waals surface area contributed by atoms with E-state index < -0.39 is 0 Å².